The predicted molar refractivity (Wildman–Crippen MR) is 151 cm³/mol. The number of benzene rings is 2. The van der Waals surface area contributed by atoms with Gasteiger partial charge in [0, 0.05) is 17.2 Å². The fraction of sp³-hybridized carbons (Fsp3) is 0.433. The van der Waals surface area contributed by atoms with E-state index in [-0.39, 0.29) is 41.3 Å². The summed E-state index contributed by atoms with van der Waals surface area (Å²) in [4.78, 5) is 13.8. The molecule has 1 aliphatic rings. The van der Waals surface area contributed by atoms with Gasteiger partial charge in [-0.2, -0.15) is 0 Å². The second kappa shape index (κ2) is 13.1. The van der Waals surface area contributed by atoms with E-state index in [0.717, 1.165) is 11.6 Å². The molecule has 12 nitrogen and oxygen atoms in total. The van der Waals surface area contributed by atoms with Crippen molar-refractivity contribution in [3.8, 4) is 34.3 Å². The van der Waals surface area contributed by atoms with Gasteiger partial charge in [0.1, 0.15) is 59.2 Å². The Morgan fingerprint density at radius 3 is 2.38 bits per heavy atom. The molecule has 1 unspecified atom stereocenters. The molecule has 42 heavy (non-hydrogen) atoms. The Morgan fingerprint density at radius 2 is 1.79 bits per heavy atom. The first-order valence-electron chi connectivity index (χ1n) is 13.4. The van der Waals surface area contributed by atoms with Crippen LogP contribution in [0.4, 0.5) is 0 Å². The van der Waals surface area contributed by atoms with Crippen LogP contribution in [0, 0.1) is 0 Å². The molecule has 228 valence electrons. The molecule has 0 amide bonds. The van der Waals surface area contributed by atoms with Gasteiger partial charge in [0.2, 0.25) is 17.5 Å². The minimum Gasteiger partial charge on any atom is -0.507 e. The standard InChI is InChI=1S/C30H36O12/c1-14(2)5-10-18-20(40-30-26(37)25(36)23(34)21(12-31)41-30)11-19(33)22-24(35)29(39-13-15(3)32)27(42-28(18)22)16-6-8-17(38-4)9-7-16/h5-9,11,15,21,23,25-26,30-34,36-37H,10,12-13H2,1-4H3/t15?,21-,23-,25+,26-,30-/m1/s1. The number of allylic oxidation sites excluding steroid dienone is 2. The summed E-state index contributed by atoms with van der Waals surface area (Å²) in [6.07, 6.45) is -6.69. The Hall–Kier alpha value is -3.65. The number of rotatable bonds is 10. The van der Waals surface area contributed by atoms with Crippen molar-refractivity contribution in [1.29, 1.82) is 0 Å². The van der Waals surface area contributed by atoms with Crippen LogP contribution in [-0.2, 0) is 11.2 Å². The van der Waals surface area contributed by atoms with Crippen molar-refractivity contribution in [3.05, 3.63) is 57.8 Å². The van der Waals surface area contributed by atoms with Crippen molar-refractivity contribution in [1.82, 2.24) is 0 Å². The van der Waals surface area contributed by atoms with Gasteiger partial charge >= 0.3 is 0 Å². The summed E-state index contributed by atoms with van der Waals surface area (Å²) in [5.74, 6) is -0.200. The summed E-state index contributed by atoms with van der Waals surface area (Å²) in [5.41, 5.74) is 0.938. The first-order valence-corrected chi connectivity index (χ1v) is 13.4. The SMILES string of the molecule is COc1ccc(-c2oc3c(CC=C(C)C)c(O[C@@H]4O[C@H](CO)[C@@H](O)[C@H](O)[C@H]4O)cc(O)c3c(=O)c2OCC(C)O)cc1. The molecule has 0 radical (unpaired) electrons. The minimum atomic E-state index is -1.71. The Bertz CT molecular complexity index is 1470. The highest BCUT2D eigenvalue weighted by Gasteiger charge is 2.45. The molecule has 0 saturated carbocycles. The van der Waals surface area contributed by atoms with Crippen LogP contribution in [0.2, 0.25) is 0 Å². The van der Waals surface area contributed by atoms with Crippen LogP contribution in [0.15, 0.2) is 51.2 Å². The molecule has 1 saturated heterocycles. The molecule has 12 heteroatoms. The van der Waals surface area contributed by atoms with Crippen molar-refractivity contribution in [3.63, 3.8) is 0 Å². The number of methoxy groups -OCH3 is 1. The third kappa shape index (κ3) is 6.38. The summed E-state index contributed by atoms with van der Waals surface area (Å²) in [6.45, 7) is 4.34. The fourth-order valence-electron chi connectivity index (χ4n) is 4.52. The third-order valence-corrected chi connectivity index (χ3v) is 6.79. The normalized spacial score (nSPS) is 22.9. The van der Waals surface area contributed by atoms with E-state index in [0.29, 0.717) is 16.9 Å². The summed E-state index contributed by atoms with van der Waals surface area (Å²) in [7, 11) is 1.51. The zero-order valence-electron chi connectivity index (χ0n) is 23.7. The highest BCUT2D eigenvalue weighted by molar-refractivity contribution is 5.91. The number of aliphatic hydroxyl groups is 5. The lowest BCUT2D eigenvalue weighted by atomic mass is 9.99. The first-order chi connectivity index (χ1) is 20.0. The smallest absolute Gasteiger partial charge is 0.239 e. The summed E-state index contributed by atoms with van der Waals surface area (Å²) in [5, 5.41) is 61.2. The number of fused-ring (bicyclic) bond motifs is 1. The fourth-order valence-corrected chi connectivity index (χ4v) is 4.52. The number of ether oxygens (including phenoxy) is 4. The predicted octanol–water partition coefficient (Wildman–Crippen LogP) is 1.62. The number of aliphatic hydroxyl groups excluding tert-OH is 5. The van der Waals surface area contributed by atoms with Crippen LogP contribution >= 0.6 is 0 Å². The van der Waals surface area contributed by atoms with Gasteiger partial charge in [-0.25, -0.2) is 0 Å². The second-order valence-corrected chi connectivity index (χ2v) is 10.4. The van der Waals surface area contributed by atoms with Crippen LogP contribution < -0.4 is 19.6 Å². The van der Waals surface area contributed by atoms with E-state index in [2.05, 4.69) is 0 Å². The molecule has 6 atom stereocenters. The van der Waals surface area contributed by atoms with Crippen LogP contribution in [0.5, 0.6) is 23.0 Å². The largest absolute Gasteiger partial charge is 0.507 e. The van der Waals surface area contributed by atoms with Crippen molar-refractivity contribution < 1.29 is 54.0 Å². The van der Waals surface area contributed by atoms with Gasteiger partial charge in [0.25, 0.3) is 0 Å². The van der Waals surface area contributed by atoms with Gasteiger partial charge < -0.3 is 54.0 Å². The molecule has 1 aromatic heterocycles. The maximum absolute atomic E-state index is 13.8. The van der Waals surface area contributed by atoms with Crippen molar-refractivity contribution >= 4 is 11.0 Å². The topological polar surface area (TPSA) is 189 Å². The molecule has 0 aliphatic carbocycles. The lowest BCUT2D eigenvalue weighted by Crippen LogP contribution is -2.60. The zero-order valence-corrected chi connectivity index (χ0v) is 23.7. The summed E-state index contributed by atoms with van der Waals surface area (Å²) in [6, 6.07) is 7.79. The van der Waals surface area contributed by atoms with Gasteiger partial charge in [0.05, 0.1) is 19.8 Å². The Labute approximate surface area is 241 Å². The average Bonchev–Trinajstić information content (AvgIpc) is 2.96. The summed E-state index contributed by atoms with van der Waals surface area (Å²) < 4.78 is 28.6. The monoisotopic (exact) mass is 588 g/mol. The zero-order chi connectivity index (χ0) is 30.7. The van der Waals surface area contributed by atoms with Crippen LogP contribution in [0.1, 0.15) is 26.3 Å². The summed E-state index contributed by atoms with van der Waals surface area (Å²) >= 11 is 0. The van der Waals surface area contributed by atoms with Crippen LogP contribution in [0.3, 0.4) is 0 Å². The third-order valence-electron chi connectivity index (χ3n) is 6.79. The second-order valence-electron chi connectivity index (χ2n) is 10.4. The van der Waals surface area contributed by atoms with Gasteiger partial charge in [-0.15, -0.1) is 0 Å². The molecule has 0 bridgehead atoms. The minimum absolute atomic E-state index is 0.0265. The molecule has 0 spiro atoms. The van der Waals surface area contributed by atoms with E-state index < -0.39 is 54.6 Å². The Morgan fingerprint density at radius 1 is 1.10 bits per heavy atom. The molecular formula is C30H36O12. The molecular weight excluding hydrogens is 552 g/mol. The first kappa shape index (κ1) is 31.3. The number of hydrogen-bond acceptors (Lipinski definition) is 12. The molecule has 2 aromatic carbocycles. The van der Waals surface area contributed by atoms with E-state index in [1.165, 1.54) is 14.0 Å². The van der Waals surface area contributed by atoms with E-state index >= 15 is 0 Å². The highest BCUT2D eigenvalue weighted by atomic mass is 16.7. The average molecular weight is 589 g/mol. The maximum Gasteiger partial charge on any atom is 0.239 e. The van der Waals surface area contributed by atoms with E-state index in [1.807, 2.05) is 19.9 Å². The number of aromatic hydroxyl groups is 1. The van der Waals surface area contributed by atoms with Gasteiger partial charge in [-0.05, 0) is 51.5 Å². The lowest BCUT2D eigenvalue weighted by molar-refractivity contribution is -0.277. The quantitative estimate of drug-likeness (QED) is 0.188. The van der Waals surface area contributed by atoms with E-state index in [4.69, 9.17) is 23.4 Å². The van der Waals surface area contributed by atoms with Crippen molar-refractivity contribution in [2.45, 2.75) is 64.0 Å². The van der Waals surface area contributed by atoms with Gasteiger partial charge in [-0.1, -0.05) is 11.6 Å². The lowest BCUT2D eigenvalue weighted by Gasteiger charge is -2.39. The number of phenols is 1. The molecule has 4 rings (SSSR count). The van der Waals surface area contributed by atoms with E-state index in [9.17, 15) is 35.4 Å². The molecule has 6 N–H and O–H groups in total. The van der Waals surface area contributed by atoms with Gasteiger partial charge in [0.15, 0.2) is 5.76 Å². The van der Waals surface area contributed by atoms with Gasteiger partial charge in [-0.3, -0.25) is 4.79 Å². The van der Waals surface area contributed by atoms with Crippen LogP contribution in [0.25, 0.3) is 22.3 Å². The van der Waals surface area contributed by atoms with Crippen molar-refractivity contribution in [2.75, 3.05) is 20.3 Å². The van der Waals surface area contributed by atoms with E-state index in [1.54, 1.807) is 24.3 Å². The Kier molecular flexibility index (Phi) is 9.77. The molecule has 2 heterocycles. The maximum atomic E-state index is 13.8. The molecule has 1 fully saturated rings. The number of phenolic OH excluding ortho intramolecular Hbond substituents is 1. The molecule has 1 aliphatic heterocycles. The van der Waals surface area contributed by atoms with Crippen molar-refractivity contribution in [2.24, 2.45) is 0 Å². The molecule has 3 aromatic rings. The van der Waals surface area contributed by atoms with Crippen LogP contribution in [-0.4, -0.2) is 87.8 Å². The highest BCUT2D eigenvalue weighted by Crippen LogP contribution is 2.41. The number of hydrogen-bond donors (Lipinski definition) is 6. The Balaban J connectivity index is 1.95.